The summed E-state index contributed by atoms with van der Waals surface area (Å²) >= 11 is 13.8. The molecule has 4 rings (SSSR count). The molecule has 11 heteroatoms. The molecule has 0 bridgehead atoms. The van der Waals surface area contributed by atoms with Gasteiger partial charge in [-0.1, -0.05) is 29.3 Å². The molecule has 1 aliphatic rings. The van der Waals surface area contributed by atoms with Gasteiger partial charge in [-0.05, 0) is 53.5 Å². The highest BCUT2D eigenvalue weighted by molar-refractivity contribution is 7.12. The van der Waals surface area contributed by atoms with Crippen molar-refractivity contribution in [3.05, 3.63) is 68.1 Å². The van der Waals surface area contributed by atoms with Crippen LogP contribution < -0.4 is 14.2 Å². The maximum Gasteiger partial charge on any atom is 0.387 e. The molecule has 3 aromatic rings. The number of benzene rings is 1. The van der Waals surface area contributed by atoms with Crippen molar-refractivity contribution in [2.45, 2.75) is 32.0 Å². The third-order valence-corrected chi connectivity index (χ3v) is 6.88. The SMILES string of the molecule is COc1ccsc1C(=O)OC(Cc1c(Cl)cncc1Cl)c1ccc(OC(F)F)c(OCC2CC2)c1. The largest absolute Gasteiger partial charge is 0.495 e. The topological polar surface area (TPSA) is 66.9 Å². The van der Waals surface area contributed by atoms with Crippen LogP contribution in [0.1, 0.15) is 39.7 Å². The lowest BCUT2D eigenvalue weighted by molar-refractivity contribution is -0.0515. The van der Waals surface area contributed by atoms with Crippen LogP contribution >= 0.6 is 34.5 Å². The summed E-state index contributed by atoms with van der Waals surface area (Å²) in [4.78, 5) is 17.3. The molecule has 6 nitrogen and oxygen atoms in total. The minimum absolute atomic E-state index is 0.102. The Kier molecular flexibility index (Phi) is 8.30. The highest BCUT2D eigenvalue weighted by Gasteiger charge is 2.27. The molecule has 35 heavy (non-hydrogen) atoms. The third kappa shape index (κ3) is 6.54. The molecule has 1 saturated carbocycles. The zero-order valence-corrected chi connectivity index (χ0v) is 20.8. The van der Waals surface area contributed by atoms with Gasteiger partial charge in [0.05, 0.1) is 23.8 Å². The zero-order valence-electron chi connectivity index (χ0n) is 18.5. The third-order valence-electron chi connectivity index (χ3n) is 5.35. The number of alkyl halides is 2. The minimum Gasteiger partial charge on any atom is -0.495 e. The summed E-state index contributed by atoms with van der Waals surface area (Å²) < 4.78 is 47.4. The number of methoxy groups -OCH3 is 1. The predicted molar refractivity (Wildman–Crippen MR) is 128 cm³/mol. The molecule has 2 heterocycles. The van der Waals surface area contributed by atoms with Gasteiger partial charge in [0.25, 0.3) is 0 Å². The van der Waals surface area contributed by atoms with Crippen LogP contribution in [0.3, 0.4) is 0 Å². The molecule has 186 valence electrons. The number of carbonyl (C=O) groups is 1. The number of esters is 1. The van der Waals surface area contributed by atoms with Gasteiger partial charge in [-0.25, -0.2) is 4.79 Å². The van der Waals surface area contributed by atoms with Crippen molar-refractivity contribution in [1.29, 1.82) is 0 Å². The van der Waals surface area contributed by atoms with Crippen molar-refractivity contribution >= 4 is 40.5 Å². The average Bonchev–Trinajstić information content (AvgIpc) is 3.53. The average molecular weight is 544 g/mol. The molecule has 1 unspecified atom stereocenters. The Labute approximate surface area is 214 Å². The molecule has 0 spiro atoms. The van der Waals surface area contributed by atoms with Crippen LogP contribution in [-0.2, 0) is 11.2 Å². The number of pyridine rings is 1. The van der Waals surface area contributed by atoms with Gasteiger partial charge in [0.15, 0.2) is 16.4 Å². The molecular weight excluding hydrogens is 523 g/mol. The highest BCUT2D eigenvalue weighted by atomic mass is 35.5. The van der Waals surface area contributed by atoms with E-state index in [2.05, 4.69) is 9.72 Å². The molecule has 0 saturated heterocycles. The number of thiophene rings is 1. The van der Waals surface area contributed by atoms with Gasteiger partial charge >= 0.3 is 12.6 Å². The summed E-state index contributed by atoms with van der Waals surface area (Å²) in [5.41, 5.74) is 1.01. The Bertz CT molecular complexity index is 1170. The Morgan fingerprint density at radius 3 is 2.54 bits per heavy atom. The fourth-order valence-electron chi connectivity index (χ4n) is 3.36. The summed E-state index contributed by atoms with van der Waals surface area (Å²) in [6.45, 7) is -2.64. The van der Waals surface area contributed by atoms with Crippen LogP contribution in [-0.4, -0.2) is 31.3 Å². The van der Waals surface area contributed by atoms with Gasteiger partial charge < -0.3 is 18.9 Å². The zero-order chi connectivity index (χ0) is 24.9. The van der Waals surface area contributed by atoms with Crippen molar-refractivity contribution in [3.63, 3.8) is 0 Å². The van der Waals surface area contributed by atoms with Crippen molar-refractivity contribution in [3.8, 4) is 17.2 Å². The maximum atomic E-state index is 13.0. The molecule has 1 fully saturated rings. The lowest BCUT2D eigenvalue weighted by Crippen LogP contribution is -2.15. The van der Waals surface area contributed by atoms with Crippen LogP contribution in [0.25, 0.3) is 0 Å². The normalized spacial score (nSPS) is 14.0. The van der Waals surface area contributed by atoms with Gasteiger partial charge in [-0.2, -0.15) is 8.78 Å². The second kappa shape index (κ2) is 11.4. The van der Waals surface area contributed by atoms with Crippen LogP contribution in [0.15, 0.2) is 42.0 Å². The van der Waals surface area contributed by atoms with Crippen molar-refractivity contribution in [1.82, 2.24) is 4.98 Å². The number of ether oxygens (including phenoxy) is 4. The van der Waals surface area contributed by atoms with E-state index >= 15 is 0 Å². The van der Waals surface area contributed by atoms with E-state index in [0.717, 1.165) is 12.8 Å². The van der Waals surface area contributed by atoms with Crippen LogP contribution in [0.2, 0.25) is 10.0 Å². The van der Waals surface area contributed by atoms with Crippen LogP contribution in [0.5, 0.6) is 17.2 Å². The first kappa shape index (κ1) is 25.5. The summed E-state index contributed by atoms with van der Waals surface area (Å²) in [6, 6.07) is 6.10. The molecule has 0 amide bonds. The number of hydrogen-bond donors (Lipinski definition) is 0. The lowest BCUT2D eigenvalue weighted by atomic mass is 10.0. The summed E-state index contributed by atoms with van der Waals surface area (Å²) in [7, 11) is 1.46. The standard InChI is InChI=1S/C24H21Cl2F2NO5S/c1-31-19-6-7-35-22(19)23(30)33-20(9-15-16(25)10-29-11-17(15)26)14-4-5-18(34-24(27)28)21(8-14)32-12-13-2-3-13/h4-8,10-11,13,20,24H,2-3,9,12H2,1H3. The predicted octanol–water partition coefficient (Wildman–Crippen LogP) is 6.99. The van der Waals surface area contributed by atoms with Gasteiger partial charge in [0, 0.05) is 18.8 Å². The molecule has 1 atom stereocenters. The molecule has 1 aliphatic carbocycles. The van der Waals surface area contributed by atoms with E-state index in [4.69, 9.17) is 37.4 Å². The van der Waals surface area contributed by atoms with E-state index in [9.17, 15) is 13.6 Å². The smallest absolute Gasteiger partial charge is 0.387 e. The Balaban J connectivity index is 1.68. The van der Waals surface area contributed by atoms with E-state index in [1.54, 1.807) is 11.4 Å². The summed E-state index contributed by atoms with van der Waals surface area (Å²) in [5.74, 6) is 0.183. The van der Waals surface area contributed by atoms with Gasteiger partial charge in [-0.15, -0.1) is 11.3 Å². The second-order valence-electron chi connectivity index (χ2n) is 7.84. The highest BCUT2D eigenvalue weighted by Crippen LogP contribution is 2.38. The molecule has 1 aromatic carbocycles. The molecule has 0 N–H and O–H groups in total. The quantitative estimate of drug-likeness (QED) is 0.243. The summed E-state index contributed by atoms with van der Waals surface area (Å²) in [5, 5.41) is 2.31. The minimum atomic E-state index is -3.02. The first-order valence-electron chi connectivity index (χ1n) is 10.7. The van der Waals surface area contributed by atoms with Gasteiger partial charge in [0.2, 0.25) is 0 Å². The van der Waals surface area contributed by atoms with Crippen molar-refractivity contribution in [2.24, 2.45) is 5.92 Å². The number of rotatable bonds is 11. The van der Waals surface area contributed by atoms with Crippen molar-refractivity contribution in [2.75, 3.05) is 13.7 Å². The maximum absolute atomic E-state index is 13.0. The molecule has 0 radical (unpaired) electrons. The number of hydrogen-bond acceptors (Lipinski definition) is 7. The van der Waals surface area contributed by atoms with E-state index in [1.807, 2.05) is 0 Å². The first-order valence-corrected chi connectivity index (χ1v) is 12.3. The Morgan fingerprint density at radius 1 is 1.14 bits per heavy atom. The second-order valence-corrected chi connectivity index (χ2v) is 9.57. The summed E-state index contributed by atoms with van der Waals surface area (Å²) in [6.07, 6.45) is 4.15. The molecule has 0 aliphatic heterocycles. The van der Waals surface area contributed by atoms with E-state index in [-0.39, 0.29) is 22.8 Å². The fourth-order valence-corrected chi connectivity index (χ4v) is 4.62. The fraction of sp³-hybridized carbons (Fsp3) is 0.333. The van der Waals surface area contributed by atoms with Crippen LogP contribution in [0, 0.1) is 5.92 Å². The lowest BCUT2D eigenvalue weighted by Gasteiger charge is -2.21. The first-order chi connectivity index (χ1) is 16.9. The Morgan fingerprint density at radius 2 is 1.89 bits per heavy atom. The number of aromatic nitrogens is 1. The molecular formula is C24H21Cl2F2NO5S. The van der Waals surface area contributed by atoms with Gasteiger partial charge in [-0.3, -0.25) is 4.98 Å². The van der Waals surface area contributed by atoms with Crippen LogP contribution in [0.4, 0.5) is 8.78 Å². The van der Waals surface area contributed by atoms with E-state index in [0.29, 0.717) is 39.4 Å². The number of carbonyl (C=O) groups excluding carboxylic acids is 1. The van der Waals surface area contributed by atoms with E-state index in [1.165, 1.54) is 49.0 Å². The number of nitrogens with zero attached hydrogens (tertiary/aromatic N) is 1. The number of halogens is 4. The van der Waals surface area contributed by atoms with E-state index < -0.39 is 18.7 Å². The molecule has 2 aromatic heterocycles. The monoisotopic (exact) mass is 543 g/mol. The Hall–Kier alpha value is -2.62. The van der Waals surface area contributed by atoms with Crippen molar-refractivity contribution < 1.29 is 32.5 Å². The van der Waals surface area contributed by atoms with Gasteiger partial charge in [0.1, 0.15) is 11.9 Å².